The van der Waals surface area contributed by atoms with Gasteiger partial charge in [-0.05, 0) is 36.8 Å². The highest BCUT2D eigenvalue weighted by Gasteiger charge is 2.19. The number of hydrogen-bond donors (Lipinski definition) is 0. The summed E-state index contributed by atoms with van der Waals surface area (Å²) in [4.78, 5) is 0. The topological polar surface area (TPSA) is 0 Å². The van der Waals surface area contributed by atoms with E-state index in [0.29, 0.717) is 11.0 Å². The molecule has 12 heavy (non-hydrogen) atoms. The van der Waals surface area contributed by atoms with Gasteiger partial charge in [-0.2, -0.15) is 0 Å². The zero-order chi connectivity index (χ0) is 9.30. The molecule has 0 saturated heterocycles. The second-order valence-corrected chi connectivity index (χ2v) is 3.97. The second kappa shape index (κ2) is 3.61. The van der Waals surface area contributed by atoms with Gasteiger partial charge < -0.3 is 0 Å². The van der Waals surface area contributed by atoms with Crippen molar-refractivity contribution in [2.24, 2.45) is 5.92 Å². The predicted octanol–water partition coefficient (Wildman–Crippen LogP) is 4.17. The average Bonchev–Trinajstić information content (AvgIpc) is 2.00. The lowest BCUT2D eigenvalue weighted by molar-refractivity contribution is 0.600. The zero-order valence-electron chi connectivity index (χ0n) is 7.75. The van der Waals surface area contributed by atoms with Crippen molar-refractivity contribution in [2.75, 3.05) is 0 Å². The Kier molecular flexibility index (Phi) is 2.94. The molecule has 2 heteroatoms. The van der Waals surface area contributed by atoms with Crippen LogP contribution in [0.5, 0.6) is 0 Å². The van der Waals surface area contributed by atoms with Crippen LogP contribution in [-0.4, -0.2) is 0 Å². The normalized spacial score (nSPS) is 19.5. The molecule has 68 valence electrons. The Labute approximate surface area is 78.1 Å². The number of hydrogen-bond acceptors (Lipinski definition) is 0. The van der Waals surface area contributed by atoms with Gasteiger partial charge in [0.25, 0.3) is 0 Å². The fourth-order valence-electron chi connectivity index (χ4n) is 1.41. The zero-order valence-corrected chi connectivity index (χ0v) is 8.50. The van der Waals surface area contributed by atoms with Gasteiger partial charge in [-0.1, -0.05) is 25.4 Å². The molecule has 0 unspecified atom stereocenters. The molecule has 1 aliphatic rings. The van der Waals surface area contributed by atoms with Gasteiger partial charge in [0.05, 0.1) is 5.03 Å². The third kappa shape index (κ3) is 1.71. The minimum atomic E-state index is -0.202. The summed E-state index contributed by atoms with van der Waals surface area (Å²) in [5.41, 5.74) is 1.84. The highest BCUT2D eigenvalue weighted by Crippen LogP contribution is 2.36. The van der Waals surface area contributed by atoms with E-state index in [-0.39, 0.29) is 5.83 Å². The maximum Gasteiger partial charge on any atom is 0.140 e. The molecule has 0 amide bonds. The molecule has 0 fully saturated rings. The van der Waals surface area contributed by atoms with E-state index in [0.717, 1.165) is 24.0 Å². The Hall–Kier alpha value is -0.300. The monoisotopic (exact) mass is 188 g/mol. The van der Waals surface area contributed by atoms with E-state index in [1.807, 2.05) is 13.8 Å². The molecule has 0 spiro atoms. The largest absolute Gasteiger partial charge is 0.205 e. The lowest BCUT2D eigenvalue weighted by atomic mass is 9.91. The summed E-state index contributed by atoms with van der Waals surface area (Å²) in [6, 6.07) is 0. The number of allylic oxidation sites excluding steroid dienone is 4. The van der Waals surface area contributed by atoms with Crippen LogP contribution in [0.25, 0.3) is 0 Å². The van der Waals surface area contributed by atoms with E-state index < -0.39 is 0 Å². The van der Waals surface area contributed by atoms with Gasteiger partial charge in [-0.15, -0.1) is 0 Å². The van der Waals surface area contributed by atoms with E-state index >= 15 is 0 Å². The molecule has 0 N–H and O–H groups in total. The highest BCUT2D eigenvalue weighted by atomic mass is 35.5. The van der Waals surface area contributed by atoms with Crippen LogP contribution in [0.15, 0.2) is 22.0 Å². The third-order valence-electron chi connectivity index (χ3n) is 2.32. The summed E-state index contributed by atoms with van der Waals surface area (Å²) in [7, 11) is 0. The van der Waals surface area contributed by atoms with Crippen molar-refractivity contribution < 1.29 is 4.39 Å². The molecule has 0 bridgehead atoms. The first kappa shape index (κ1) is 9.79. The van der Waals surface area contributed by atoms with Crippen molar-refractivity contribution in [3.8, 4) is 0 Å². The Balaban J connectivity index is 3.03. The van der Waals surface area contributed by atoms with Crippen LogP contribution < -0.4 is 0 Å². The first-order valence-electron chi connectivity index (χ1n) is 4.28. The van der Waals surface area contributed by atoms with Gasteiger partial charge in [0.2, 0.25) is 0 Å². The SMILES string of the molecule is CC1=C(F)C(Cl)=C(C(C)C)CC1. The molecule has 1 rings (SSSR count). The fraction of sp³-hybridized carbons (Fsp3) is 0.600. The molecular formula is C10H14ClF. The number of rotatable bonds is 1. The van der Waals surface area contributed by atoms with Gasteiger partial charge in [-0.25, -0.2) is 4.39 Å². The number of halogens is 2. The van der Waals surface area contributed by atoms with Crippen LogP contribution in [0, 0.1) is 5.92 Å². The first-order chi connectivity index (χ1) is 5.54. The lowest BCUT2D eigenvalue weighted by Crippen LogP contribution is -2.03. The van der Waals surface area contributed by atoms with E-state index in [9.17, 15) is 4.39 Å². The van der Waals surface area contributed by atoms with Crippen molar-refractivity contribution in [1.29, 1.82) is 0 Å². The molecule has 0 aromatic heterocycles. The van der Waals surface area contributed by atoms with Crippen molar-refractivity contribution in [3.05, 3.63) is 22.0 Å². The van der Waals surface area contributed by atoms with Gasteiger partial charge in [0.1, 0.15) is 5.83 Å². The smallest absolute Gasteiger partial charge is 0.140 e. The minimum absolute atomic E-state index is 0.202. The molecule has 0 heterocycles. The van der Waals surface area contributed by atoms with Gasteiger partial charge in [0.15, 0.2) is 0 Å². The van der Waals surface area contributed by atoms with E-state index in [2.05, 4.69) is 0 Å². The van der Waals surface area contributed by atoms with Gasteiger partial charge >= 0.3 is 0 Å². The van der Waals surface area contributed by atoms with Crippen molar-refractivity contribution in [2.45, 2.75) is 33.6 Å². The minimum Gasteiger partial charge on any atom is -0.205 e. The standard InChI is InChI=1S/C10H14ClF/c1-6(2)8-5-4-7(3)10(12)9(8)11/h6H,4-5H2,1-3H3. The summed E-state index contributed by atoms with van der Waals surface area (Å²) < 4.78 is 13.3. The van der Waals surface area contributed by atoms with Crippen molar-refractivity contribution in [3.63, 3.8) is 0 Å². The van der Waals surface area contributed by atoms with Crippen molar-refractivity contribution in [1.82, 2.24) is 0 Å². The van der Waals surface area contributed by atoms with Gasteiger partial charge in [-0.3, -0.25) is 0 Å². The maximum absolute atomic E-state index is 13.3. The Morgan fingerprint density at radius 2 is 1.92 bits per heavy atom. The van der Waals surface area contributed by atoms with E-state index in [1.165, 1.54) is 0 Å². The van der Waals surface area contributed by atoms with Crippen molar-refractivity contribution >= 4 is 11.6 Å². The second-order valence-electron chi connectivity index (χ2n) is 3.59. The Morgan fingerprint density at radius 3 is 2.42 bits per heavy atom. The summed E-state index contributed by atoms with van der Waals surface area (Å²) in [6.45, 7) is 5.89. The average molecular weight is 189 g/mol. The molecule has 0 saturated carbocycles. The van der Waals surface area contributed by atoms with E-state index in [1.54, 1.807) is 6.92 Å². The van der Waals surface area contributed by atoms with Crippen LogP contribution in [-0.2, 0) is 0 Å². The molecule has 1 aliphatic carbocycles. The molecule has 0 aromatic carbocycles. The van der Waals surface area contributed by atoms with Crippen LogP contribution in [0.2, 0.25) is 0 Å². The van der Waals surface area contributed by atoms with Crippen LogP contribution in [0.1, 0.15) is 33.6 Å². The van der Waals surface area contributed by atoms with Gasteiger partial charge in [0, 0.05) is 0 Å². The Morgan fingerprint density at radius 1 is 1.33 bits per heavy atom. The third-order valence-corrected chi connectivity index (χ3v) is 2.72. The Bertz CT molecular complexity index is 249. The fourth-order valence-corrected chi connectivity index (χ4v) is 1.89. The quantitative estimate of drug-likeness (QED) is 0.580. The van der Waals surface area contributed by atoms with Crippen LogP contribution in [0.4, 0.5) is 4.39 Å². The molecule has 0 atom stereocenters. The summed E-state index contributed by atoms with van der Waals surface area (Å²) >= 11 is 5.87. The maximum atomic E-state index is 13.3. The molecule has 0 aromatic rings. The summed E-state index contributed by atoms with van der Waals surface area (Å²) in [6.07, 6.45) is 1.73. The van der Waals surface area contributed by atoms with E-state index in [4.69, 9.17) is 11.6 Å². The molecule has 0 nitrogen and oxygen atoms in total. The molecule has 0 radical (unpaired) electrons. The highest BCUT2D eigenvalue weighted by molar-refractivity contribution is 6.32. The summed E-state index contributed by atoms with van der Waals surface area (Å²) in [5.74, 6) is 0.156. The first-order valence-corrected chi connectivity index (χ1v) is 4.66. The molecular weight excluding hydrogens is 175 g/mol. The predicted molar refractivity (Wildman–Crippen MR) is 50.8 cm³/mol. The van der Waals surface area contributed by atoms with Crippen LogP contribution in [0.3, 0.4) is 0 Å². The van der Waals surface area contributed by atoms with Crippen LogP contribution >= 0.6 is 11.6 Å². The lowest BCUT2D eigenvalue weighted by Gasteiger charge is -2.19. The summed E-state index contributed by atoms with van der Waals surface area (Å²) in [5, 5.41) is 0.355. The molecule has 0 aliphatic heterocycles.